The van der Waals surface area contributed by atoms with Crippen LogP contribution in [0.5, 0.6) is 5.75 Å². The lowest BCUT2D eigenvalue weighted by Crippen LogP contribution is -2.01. The van der Waals surface area contributed by atoms with Crippen LogP contribution in [-0.4, -0.2) is 25.7 Å². The Kier molecular flexibility index (Phi) is 4.67. The van der Waals surface area contributed by atoms with Gasteiger partial charge < -0.3 is 9.15 Å². The minimum absolute atomic E-state index is 0.204. The summed E-state index contributed by atoms with van der Waals surface area (Å²) in [6.07, 6.45) is 0. The maximum Gasteiger partial charge on any atom is 0.248 e. The Morgan fingerprint density at radius 1 is 0.750 bits per heavy atom. The summed E-state index contributed by atoms with van der Waals surface area (Å²) in [5, 5.41) is 8.13. The molecule has 0 aliphatic carbocycles. The molecule has 0 aliphatic rings. The van der Waals surface area contributed by atoms with Crippen molar-refractivity contribution < 1.29 is 17.6 Å². The largest absolute Gasteiger partial charge is 0.497 e. The lowest BCUT2D eigenvalue weighted by atomic mass is 10.2. The van der Waals surface area contributed by atoms with Crippen LogP contribution in [0.2, 0.25) is 0 Å². The summed E-state index contributed by atoms with van der Waals surface area (Å²) in [6.45, 7) is 0. The van der Waals surface area contributed by atoms with Crippen molar-refractivity contribution in [3.63, 3.8) is 0 Å². The molecule has 0 amide bonds. The first-order valence-corrected chi connectivity index (χ1v) is 9.95. The van der Waals surface area contributed by atoms with E-state index in [-0.39, 0.29) is 9.79 Å². The van der Waals surface area contributed by atoms with Crippen LogP contribution >= 0.6 is 0 Å². The molecule has 0 unspecified atom stereocenters. The molecule has 0 fully saturated rings. The van der Waals surface area contributed by atoms with E-state index in [0.29, 0.717) is 23.1 Å². The van der Waals surface area contributed by atoms with Gasteiger partial charge in [-0.3, -0.25) is 0 Å². The molecule has 4 aromatic rings. The standard InChI is InChI=1S/C21H16N2O4S/c1-26-17-7-5-6-16(14-17)21-23-22-20(27-21)15-10-12-19(13-11-15)28(24,25)18-8-3-2-4-9-18/h2-14H,1H3. The summed E-state index contributed by atoms with van der Waals surface area (Å²) in [4.78, 5) is 0.454. The van der Waals surface area contributed by atoms with E-state index in [1.54, 1.807) is 55.6 Å². The van der Waals surface area contributed by atoms with Gasteiger partial charge in [0.15, 0.2) is 0 Å². The van der Waals surface area contributed by atoms with Crippen LogP contribution in [0, 0.1) is 0 Å². The third-order valence-corrected chi connectivity index (χ3v) is 5.99. The van der Waals surface area contributed by atoms with Crippen LogP contribution in [-0.2, 0) is 9.84 Å². The normalized spacial score (nSPS) is 11.3. The van der Waals surface area contributed by atoms with Gasteiger partial charge in [-0.2, -0.15) is 0 Å². The molecule has 0 N–H and O–H groups in total. The van der Waals surface area contributed by atoms with E-state index in [9.17, 15) is 8.42 Å². The monoisotopic (exact) mass is 392 g/mol. The van der Waals surface area contributed by atoms with E-state index in [1.807, 2.05) is 18.2 Å². The van der Waals surface area contributed by atoms with Crippen LogP contribution in [0.4, 0.5) is 0 Å². The summed E-state index contributed by atoms with van der Waals surface area (Å²) in [7, 11) is -1.98. The first-order valence-electron chi connectivity index (χ1n) is 8.46. The van der Waals surface area contributed by atoms with E-state index < -0.39 is 9.84 Å². The molecular formula is C21H16N2O4S. The minimum atomic E-state index is -3.56. The molecule has 7 heteroatoms. The summed E-state index contributed by atoms with van der Waals surface area (Å²) in [5.41, 5.74) is 1.37. The van der Waals surface area contributed by atoms with E-state index >= 15 is 0 Å². The lowest BCUT2D eigenvalue weighted by molar-refractivity contribution is 0.415. The zero-order valence-corrected chi connectivity index (χ0v) is 15.8. The number of hydrogen-bond acceptors (Lipinski definition) is 6. The second-order valence-electron chi connectivity index (χ2n) is 5.99. The second-order valence-corrected chi connectivity index (χ2v) is 7.93. The molecule has 3 aromatic carbocycles. The first kappa shape index (κ1) is 17.9. The molecule has 4 rings (SSSR count). The topological polar surface area (TPSA) is 82.3 Å². The Bertz CT molecular complexity index is 1200. The average molecular weight is 392 g/mol. The molecule has 0 bridgehead atoms. The van der Waals surface area contributed by atoms with E-state index in [2.05, 4.69) is 10.2 Å². The van der Waals surface area contributed by atoms with Crippen molar-refractivity contribution in [2.24, 2.45) is 0 Å². The average Bonchev–Trinajstić information content (AvgIpc) is 3.25. The van der Waals surface area contributed by atoms with Crippen LogP contribution in [0.3, 0.4) is 0 Å². The maximum atomic E-state index is 12.7. The Labute approximate surface area is 162 Å². The second kappa shape index (κ2) is 7.28. The quantitative estimate of drug-likeness (QED) is 0.505. The number of methoxy groups -OCH3 is 1. The predicted octanol–water partition coefficient (Wildman–Crippen LogP) is 4.25. The van der Waals surface area contributed by atoms with Crippen molar-refractivity contribution in [3.05, 3.63) is 78.9 Å². The van der Waals surface area contributed by atoms with Crippen LogP contribution in [0.15, 0.2) is 93.1 Å². The van der Waals surface area contributed by atoms with E-state index in [1.165, 1.54) is 12.1 Å². The van der Waals surface area contributed by atoms with Crippen molar-refractivity contribution in [1.29, 1.82) is 0 Å². The van der Waals surface area contributed by atoms with Crippen molar-refractivity contribution in [1.82, 2.24) is 10.2 Å². The Hall–Kier alpha value is -3.45. The van der Waals surface area contributed by atoms with Crippen LogP contribution in [0.25, 0.3) is 22.9 Å². The lowest BCUT2D eigenvalue weighted by Gasteiger charge is -2.04. The molecule has 0 spiro atoms. The zero-order chi connectivity index (χ0) is 19.6. The Balaban J connectivity index is 1.62. The summed E-state index contributed by atoms with van der Waals surface area (Å²) >= 11 is 0. The van der Waals surface area contributed by atoms with Crippen molar-refractivity contribution >= 4 is 9.84 Å². The molecule has 6 nitrogen and oxygen atoms in total. The van der Waals surface area contributed by atoms with Gasteiger partial charge in [0.25, 0.3) is 0 Å². The minimum Gasteiger partial charge on any atom is -0.497 e. The Morgan fingerprint density at radius 2 is 1.39 bits per heavy atom. The Morgan fingerprint density at radius 3 is 2.07 bits per heavy atom. The third kappa shape index (κ3) is 3.39. The first-order chi connectivity index (χ1) is 13.6. The van der Waals surface area contributed by atoms with E-state index in [4.69, 9.17) is 9.15 Å². The molecule has 28 heavy (non-hydrogen) atoms. The van der Waals surface area contributed by atoms with Gasteiger partial charge in [0, 0.05) is 11.1 Å². The van der Waals surface area contributed by atoms with Crippen LogP contribution < -0.4 is 4.74 Å². The van der Waals surface area contributed by atoms with Gasteiger partial charge >= 0.3 is 0 Å². The molecule has 1 aromatic heterocycles. The zero-order valence-electron chi connectivity index (χ0n) is 14.9. The van der Waals surface area contributed by atoms with Gasteiger partial charge in [-0.25, -0.2) is 8.42 Å². The van der Waals surface area contributed by atoms with Gasteiger partial charge in [0.05, 0.1) is 16.9 Å². The van der Waals surface area contributed by atoms with Gasteiger partial charge in [0.1, 0.15) is 5.75 Å². The third-order valence-electron chi connectivity index (χ3n) is 4.21. The van der Waals surface area contributed by atoms with Crippen molar-refractivity contribution in [2.75, 3.05) is 7.11 Å². The number of nitrogens with zero attached hydrogens (tertiary/aromatic N) is 2. The molecule has 0 radical (unpaired) electrons. The molecule has 140 valence electrons. The highest BCUT2D eigenvalue weighted by molar-refractivity contribution is 7.91. The van der Waals surface area contributed by atoms with Crippen molar-refractivity contribution in [3.8, 4) is 28.7 Å². The smallest absolute Gasteiger partial charge is 0.248 e. The van der Waals surface area contributed by atoms with E-state index in [0.717, 1.165) is 5.56 Å². The SMILES string of the molecule is COc1cccc(-c2nnc(-c3ccc(S(=O)(=O)c4ccccc4)cc3)o2)c1. The van der Waals surface area contributed by atoms with Gasteiger partial charge in [-0.15, -0.1) is 10.2 Å². The number of sulfone groups is 1. The molecule has 0 saturated carbocycles. The maximum absolute atomic E-state index is 12.7. The summed E-state index contributed by atoms with van der Waals surface area (Å²) in [6, 6.07) is 22.0. The number of hydrogen-bond donors (Lipinski definition) is 0. The molecule has 0 aliphatic heterocycles. The summed E-state index contributed by atoms with van der Waals surface area (Å²) in [5.74, 6) is 1.35. The highest BCUT2D eigenvalue weighted by Gasteiger charge is 2.18. The van der Waals surface area contributed by atoms with Crippen molar-refractivity contribution in [2.45, 2.75) is 9.79 Å². The molecule has 0 atom stereocenters. The fraction of sp³-hybridized carbons (Fsp3) is 0.0476. The molecule has 0 saturated heterocycles. The predicted molar refractivity (Wildman–Crippen MR) is 104 cm³/mol. The van der Waals surface area contributed by atoms with Crippen LogP contribution in [0.1, 0.15) is 0 Å². The van der Waals surface area contributed by atoms with Gasteiger partial charge in [-0.1, -0.05) is 24.3 Å². The number of aromatic nitrogens is 2. The molecule has 1 heterocycles. The van der Waals surface area contributed by atoms with Gasteiger partial charge in [-0.05, 0) is 54.6 Å². The fourth-order valence-corrected chi connectivity index (χ4v) is 4.01. The summed E-state index contributed by atoms with van der Waals surface area (Å²) < 4.78 is 36.3. The number of benzene rings is 3. The highest BCUT2D eigenvalue weighted by atomic mass is 32.2. The molecular weight excluding hydrogens is 376 g/mol. The highest BCUT2D eigenvalue weighted by Crippen LogP contribution is 2.28. The fourth-order valence-electron chi connectivity index (χ4n) is 2.73. The van der Waals surface area contributed by atoms with Gasteiger partial charge in [0.2, 0.25) is 21.6 Å². The number of ether oxygens (including phenoxy) is 1. The number of rotatable bonds is 5.